The molecular weight excluding hydrogens is 238 g/mol. The van der Waals surface area contributed by atoms with Crippen LogP contribution in [-0.4, -0.2) is 16.4 Å². The maximum atomic E-state index is 12.1. The average Bonchev–Trinajstić information content (AvgIpc) is 2.39. The molecule has 0 unspecified atom stereocenters. The highest BCUT2D eigenvalue weighted by atomic mass is 16.1. The molecule has 0 aromatic carbocycles. The molecule has 19 heavy (non-hydrogen) atoms. The Kier molecular flexibility index (Phi) is 4.53. The molecule has 4 heteroatoms. The van der Waals surface area contributed by atoms with Crippen LogP contribution in [0.3, 0.4) is 0 Å². The highest BCUT2D eigenvalue weighted by Gasteiger charge is 2.30. The number of aromatic nitrogens is 1. The van der Waals surface area contributed by atoms with Crippen molar-refractivity contribution in [3.05, 3.63) is 30.1 Å². The molecule has 1 aromatic rings. The number of nitrogens with one attached hydrogen (secondary N) is 1. The van der Waals surface area contributed by atoms with Gasteiger partial charge in [0.05, 0.1) is 6.04 Å². The zero-order valence-electron chi connectivity index (χ0n) is 11.6. The molecule has 0 saturated heterocycles. The van der Waals surface area contributed by atoms with E-state index in [2.05, 4.69) is 10.3 Å². The third-order valence-corrected chi connectivity index (χ3v) is 3.95. The van der Waals surface area contributed by atoms with E-state index in [4.69, 9.17) is 5.73 Å². The van der Waals surface area contributed by atoms with Gasteiger partial charge in [0.2, 0.25) is 5.91 Å². The van der Waals surface area contributed by atoms with Crippen molar-refractivity contribution >= 4 is 5.91 Å². The molecule has 0 bridgehead atoms. The van der Waals surface area contributed by atoms with E-state index in [1.807, 2.05) is 19.1 Å². The number of pyridine rings is 1. The van der Waals surface area contributed by atoms with Gasteiger partial charge in [-0.15, -0.1) is 0 Å². The van der Waals surface area contributed by atoms with Crippen molar-refractivity contribution < 1.29 is 4.79 Å². The summed E-state index contributed by atoms with van der Waals surface area (Å²) < 4.78 is 0. The van der Waals surface area contributed by atoms with Gasteiger partial charge in [0, 0.05) is 24.4 Å². The van der Waals surface area contributed by atoms with Gasteiger partial charge in [-0.2, -0.15) is 0 Å². The molecule has 0 radical (unpaired) electrons. The number of carbonyl (C=O) groups excluding carboxylic acids is 1. The molecule has 1 aliphatic rings. The Bertz CT molecular complexity index is 413. The van der Waals surface area contributed by atoms with Crippen molar-refractivity contribution in [1.29, 1.82) is 0 Å². The second kappa shape index (κ2) is 6.15. The predicted molar refractivity (Wildman–Crippen MR) is 75.4 cm³/mol. The van der Waals surface area contributed by atoms with E-state index < -0.39 is 0 Å². The maximum Gasteiger partial charge on any atom is 0.222 e. The Hall–Kier alpha value is -1.42. The second-order valence-electron chi connectivity index (χ2n) is 5.67. The van der Waals surface area contributed by atoms with E-state index in [0.29, 0.717) is 6.42 Å². The van der Waals surface area contributed by atoms with Crippen molar-refractivity contribution in [3.8, 4) is 0 Å². The highest BCUT2D eigenvalue weighted by Crippen LogP contribution is 2.28. The normalized spacial score (nSPS) is 19.7. The first-order valence-electron chi connectivity index (χ1n) is 7.07. The fourth-order valence-corrected chi connectivity index (χ4v) is 2.78. The largest absolute Gasteiger partial charge is 0.350 e. The first-order valence-corrected chi connectivity index (χ1v) is 7.07. The van der Waals surface area contributed by atoms with Crippen molar-refractivity contribution in [2.24, 2.45) is 5.73 Å². The van der Waals surface area contributed by atoms with Crippen LogP contribution in [0.25, 0.3) is 0 Å². The number of nitrogens with two attached hydrogens (primary N) is 1. The van der Waals surface area contributed by atoms with Crippen LogP contribution in [0, 0.1) is 0 Å². The summed E-state index contributed by atoms with van der Waals surface area (Å²) in [6, 6.07) is 3.84. The molecule has 1 saturated carbocycles. The minimum absolute atomic E-state index is 0.00249. The van der Waals surface area contributed by atoms with Crippen LogP contribution >= 0.6 is 0 Å². The Balaban J connectivity index is 1.87. The molecule has 1 amide bonds. The first-order chi connectivity index (χ1) is 9.09. The number of rotatable bonds is 4. The van der Waals surface area contributed by atoms with E-state index in [1.54, 1.807) is 12.4 Å². The summed E-state index contributed by atoms with van der Waals surface area (Å²) in [5, 5.41) is 3.02. The second-order valence-corrected chi connectivity index (χ2v) is 5.67. The van der Waals surface area contributed by atoms with E-state index in [9.17, 15) is 4.79 Å². The molecule has 1 aromatic heterocycles. The minimum Gasteiger partial charge on any atom is -0.350 e. The molecule has 104 valence electrons. The van der Waals surface area contributed by atoms with Gasteiger partial charge in [-0.1, -0.05) is 19.3 Å². The molecule has 0 spiro atoms. The molecular formula is C15H23N3O. The summed E-state index contributed by atoms with van der Waals surface area (Å²) in [7, 11) is 0. The Morgan fingerprint density at radius 1 is 1.37 bits per heavy atom. The summed E-state index contributed by atoms with van der Waals surface area (Å²) in [6.45, 7) is 1.98. The fraction of sp³-hybridized carbons (Fsp3) is 0.600. The van der Waals surface area contributed by atoms with Crippen LogP contribution in [0.5, 0.6) is 0 Å². The monoisotopic (exact) mass is 261 g/mol. The van der Waals surface area contributed by atoms with Crippen LogP contribution in [0.1, 0.15) is 57.1 Å². The summed E-state index contributed by atoms with van der Waals surface area (Å²) in [6.07, 6.45) is 9.37. The highest BCUT2D eigenvalue weighted by molar-refractivity contribution is 5.77. The number of hydrogen-bond donors (Lipinski definition) is 2. The molecule has 1 aliphatic carbocycles. The molecule has 1 atom stereocenters. The number of hydrogen-bond acceptors (Lipinski definition) is 3. The Labute approximate surface area is 114 Å². The van der Waals surface area contributed by atoms with E-state index >= 15 is 0 Å². The van der Waals surface area contributed by atoms with Crippen molar-refractivity contribution in [1.82, 2.24) is 10.3 Å². The number of amides is 1. The smallest absolute Gasteiger partial charge is 0.222 e. The lowest BCUT2D eigenvalue weighted by atomic mass is 9.80. The minimum atomic E-state index is -0.291. The first kappa shape index (κ1) is 14.0. The van der Waals surface area contributed by atoms with Crippen LogP contribution in [0.15, 0.2) is 24.5 Å². The topological polar surface area (TPSA) is 68.0 Å². The Morgan fingerprint density at radius 2 is 2.00 bits per heavy atom. The predicted octanol–water partition coefficient (Wildman–Crippen LogP) is 2.31. The van der Waals surface area contributed by atoms with Gasteiger partial charge in [0.1, 0.15) is 0 Å². The molecule has 1 heterocycles. The van der Waals surface area contributed by atoms with Crippen molar-refractivity contribution in [3.63, 3.8) is 0 Å². The van der Waals surface area contributed by atoms with E-state index in [-0.39, 0.29) is 17.5 Å². The van der Waals surface area contributed by atoms with Gasteiger partial charge < -0.3 is 11.1 Å². The van der Waals surface area contributed by atoms with Crippen molar-refractivity contribution in [2.45, 2.75) is 57.0 Å². The molecule has 4 nitrogen and oxygen atoms in total. The lowest BCUT2D eigenvalue weighted by Crippen LogP contribution is -2.46. The van der Waals surface area contributed by atoms with Gasteiger partial charge in [0.15, 0.2) is 0 Å². The Morgan fingerprint density at radius 3 is 2.63 bits per heavy atom. The summed E-state index contributed by atoms with van der Waals surface area (Å²) in [5.74, 6) is 0.0497. The maximum absolute atomic E-state index is 12.1. The van der Waals surface area contributed by atoms with Gasteiger partial charge in [0.25, 0.3) is 0 Å². The lowest BCUT2D eigenvalue weighted by molar-refractivity contribution is -0.123. The third-order valence-electron chi connectivity index (χ3n) is 3.95. The van der Waals surface area contributed by atoms with Crippen molar-refractivity contribution in [2.75, 3.05) is 0 Å². The zero-order valence-corrected chi connectivity index (χ0v) is 11.6. The van der Waals surface area contributed by atoms with Gasteiger partial charge in [-0.3, -0.25) is 9.78 Å². The average molecular weight is 261 g/mol. The quantitative estimate of drug-likeness (QED) is 0.874. The van der Waals surface area contributed by atoms with E-state index in [0.717, 1.165) is 31.2 Å². The zero-order chi connectivity index (χ0) is 13.7. The summed E-state index contributed by atoms with van der Waals surface area (Å²) in [5.41, 5.74) is 7.08. The van der Waals surface area contributed by atoms with E-state index in [1.165, 1.54) is 6.42 Å². The molecule has 0 aliphatic heterocycles. The molecule has 3 N–H and O–H groups in total. The third kappa shape index (κ3) is 4.03. The van der Waals surface area contributed by atoms with Gasteiger partial charge >= 0.3 is 0 Å². The van der Waals surface area contributed by atoms with Crippen LogP contribution in [0.2, 0.25) is 0 Å². The summed E-state index contributed by atoms with van der Waals surface area (Å²) >= 11 is 0. The SMILES string of the molecule is C[C@H](NC(=O)CC1(N)CCCCC1)c1ccncc1. The number of nitrogens with zero attached hydrogens (tertiary/aromatic N) is 1. The van der Waals surface area contributed by atoms with Gasteiger partial charge in [-0.05, 0) is 37.5 Å². The van der Waals surface area contributed by atoms with Crippen LogP contribution < -0.4 is 11.1 Å². The number of carbonyl (C=O) groups is 1. The summed E-state index contributed by atoms with van der Waals surface area (Å²) in [4.78, 5) is 16.1. The van der Waals surface area contributed by atoms with Gasteiger partial charge in [-0.25, -0.2) is 0 Å². The molecule has 1 fully saturated rings. The van der Waals surface area contributed by atoms with Crippen LogP contribution in [-0.2, 0) is 4.79 Å². The molecule has 2 rings (SSSR count). The fourth-order valence-electron chi connectivity index (χ4n) is 2.78. The standard InChI is InChI=1S/C15H23N3O/c1-12(13-5-9-17-10-6-13)18-14(19)11-15(16)7-3-2-4-8-15/h5-6,9-10,12H,2-4,7-8,11,16H2,1H3,(H,18,19)/t12-/m0/s1. The van der Waals surface area contributed by atoms with Crippen LogP contribution in [0.4, 0.5) is 0 Å². The lowest BCUT2D eigenvalue weighted by Gasteiger charge is -2.33.